The summed E-state index contributed by atoms with van der Waals surface area (Å²) >= 11 is 3.41. The van der Waals surface area contributed by atoms with Crippen LogP contribution in [0.3, 0.4) is 0 Å². The van der Waals surface area contributed by atoms with Crippen LogP contribution in [0.25, 0.3) is 0 Å². The fourth-order valence-corrected chi connectivity index (χ4v) is 2.36. The number of nitrogens with zero attached hydrogens (tertiary/aromatic N) is 1. The molecule has 0 aromatic carbocycles. The van der Waals surface area contributed by atoms with Crippen molar-refractivity contribution in [2.75, 3.05) is 13.1 Å². The first-order valence-electron chi connectivity index (χ1n) is 5.41. The Morgan fingerprint density at radius 2 is 2.31 bits per heavy atom. The molecule has 0 bridgehead atoms. The maximum atomic E-state index is 11.4. The second-order valence-corrected chi connectivity index (χ2v) is 5.38. The van der Waals surface area contributed by atoms with Crippen molar-refractivity contribution in [3.05, 3.63) is 0 Å². The van der Waals surface area contributed by atoms with Gasteiger partial charge in [-0.25, -0.2) is 0 Å². The Labute approximate surface area is 103 Å². The lowest BCUT2D eigenvalue weighted by Crippen LogP contribution is -2.30. The largest absolute Gasteiger partial charge is 0.480 e. The zero-order chi connectivity index (χ0) is 12.1. The first-order valence-corrected chi connectivity index (χ1v) is 6.32. The van der Waals surface area contributed by atoms with E-state index in [1.54, 1.807) is 0 Å². The second kappa shape index (κ2) is 6.20. The summed E-state index contributed by atoms with van der Waals surface area (Å²) in [6.45, 7) is 1.46. The van der Waals surface area contributed by atoms with Crippen LogP contribution in [0.1, 0.15) is 25.7 Å². The van der Waals surface area contributed by atoms with Gasteiger partial charge in [0.05, 0.1) is 0 Å². The van der Waals surface area contributed by atoms with E-state index in [2.05, 4.69) is 15.9 Å². The van der Waals surface area contributed by atoms with E-state index in [1.807, 2.05) is 4.90 Å². The number of hydrogen-bond donors (Lipinski definition) is 2. The van der Waals surface area contributed by atoms with Gasteiger partial charge in [0.1, 0.15) is 6.04 Å². The number of aliphatic carboxylic acids is 1. The number of carboxylic acids is 1. The van der Waals surface area contributed by atoms with Gasteiger partial charge in [-0.3, -0.25) is 9.59 Å². The zero-order valence-electron chi connectivity index (χ0n) is 9.06. The number of carboxylic acid groups (broad SMARTS) is 1. The molecule has 0 aliphatic carbocycles. The lowest BCUT2D eigenvalue weighted by Gasteiger charge is -2.15. The van der Waals surface area contributed by atoms with E-state index in [0.717, 1.165) is 19.4 Å². The number of carbonyl (C=O) groups excluding carboxylic acids is 1. The summed E-state index contributed by atoms with van der Waals surface area (Å²) in [6, 6.07) is -0.779. The molecule has 1 aliphatic heterocycles. The van der Waals surface area contributed by atoms with Crippen molar-refractivity contribution >= 4 is 27.8 Å². The number of nitrogens with two attached hydrogens (primary N) is 1. The lowest BCUT2D eigenvalue weighted by atomic mass is 10.1. The van der Waals surface area contributed by atoms with Gasteiger partial charge in [0.2, 0.25) is 5.91 Å². The van der Waals surface area contributed by atoms with E-state index in [0.29, 0.717) is 19.4 Å². The van der Waals surface area contributed by atoms with E-state index in [9.17, 15) is 9.59 Å². The van der Waals surface area contributed by atoms with Crippen molar-refractivity contribution in [3.63, 3.8) is 0 Å². The summed E-state index contributed by atoms with van der Waals surface area (Å²) in [5.41, 5.74) is 5.37. The van der Waals surface area contributed by atoms with Gasteiger partial charge in [-0.05, 0) is 19.3 Å². The summed E-state index contributed by atoms with van der Waals surface area (Å²) in [6.07, 6.45) is 2.58. The summed E-state index contributed by atoms with van der Waals surface area (Å²) < 4.78 is 0. The molecular weight excluding hydrogens is 276 g/mol. The maximum Gasteiger partial charge on any atom is 0.320 e. The normalized spacial score (nSPS) is 22.5. The Morgan fingerprint density at radius 1 is 1.62 bits per heavy atom. The molecule has 0 spiro atoms. The number of amides is 1. The number of rotatable bonds is 6. The zero-order valence-corrected chi connectivity index (χ0v) is 10.6. The van der Waals surface area contributed by atoms with Crippen molar-refractivity contribution < 1.29 is 14.7 Å². The molecule has 6 heteroatoms. The molecule has 1 saturated heterocycles. The number of alkyl halides is 1. The Kier molecular flexibility index (Phi) is 5.21. The predicted octanol–water partition coefficient (Wildman–Crippen LogP) is 0.564. The van der Waals surface area contributed by atoms with Crippen LogP contribution < -0.4 is 5.73 Å². The number of hydrogen-bond acceptors (Lipinski definition) is 3. The minimum absolute atomic E-state index is 0.171. The second-order valence-electron chi connectivity index (χ2n) is 4.08. The molecular formula is C10H17BrN2O3. The third-order valence-electron chi connectivity index (χ3n) is 2.68. The number of halogens is 1. The van der Waals surface area contributed by atoms with Crippen molar-refractivity contribution in [1.29, 1.82) is 0 Å². The Balaban J connectivity index is 2.12. The predicted molar refractivity (Wildman–Crippen MR) is 63.4 cm³/mol. The average molecular weight is 293 g/mol. The van der Waals surface area contributed by atoms with Crippen molar-refractivity contribution in [2.45, 2.75) is 36.6 Å². The van der Waals surface area contributed by atoms with Gasteiger partial charge in [-0.2, -0.15) is 0 Å². The maximum absolute atomic E-state index is 11.4. The lowest BCUT2D eigenvalue weighted by molar-refractivity contribution is -0.138. The Hall–Kier alpha value is -0.620. The van der Waals surface area contributed by atoms with Crippen LogP contribution in [0.5, 0.6) is 0 Å². The van der Waals surface area contributed by atoms with Gasteiger partial charge in [-0.1, -0.05) is 15.9 Å². The molecule has 1 aliphatic rings. The summed E-state index contributed by atoms with van der Waals surface area (Å²) in [5.74, 6) is -0.790. The fraction of sp³-hybridized carbons (Fsp3) is 0.800. The highest BCUT2D eigenvalue weighted by molar-refractivity contribution is 9.09. The number of likely N-dealkylation sites (tertiary alicyclic amines) is 1. The quantitative estimate of drug-likeness (QED) is 0.554. The molecule has 1 fully saturated rings. The monoisotopic (exact) mass is 292 g/mol. The minimum Gasteiger partial charge on any atom is -0.480 e. The van der Waals surface area contributed by atoms with Gasteiger partial charge >= 0.3 is 5.97 Å². The molecule has 0 aromatic heterocycles. The molecule has 0 aromatic rings. The van der Waals surface area contributed by atoms with Crippen LogP contribution in [-0.2, 0) is 9.59 Å². The molecule has 0 saturated carbocycles. The van der Waals surface area contributed by atoms with Gasteiger partial charge in [-0.15, -0.1) is 0 Å². The van der Waals surface area contributed by atoms with Crippen LogP contribution in [0.4, 0.5) is 0 Å². The van der Waals surface area contributed by atoms with Crippen LogP contribution in [-0.4, -0.2) is 45.8 Å². The van der Waals surface area contributed by atoms with E-state index >= 15 is 0 Å². The first-order chi connectivity index (χ1) is 7.50. The van der Waals surface area contributed by atoms with E-state index in [4.69, 9.17) is 10.8 Å². The highest BCUT2D eigenvalue weighted by Crippen LogP contribution is 2.18. The summed E-state index contributed by atoms with van der Waals surface area (Å²) in [4.78, 5) is 23.9. The van der Waals surface area contributed by atoms with E-state index in [-0.39, 0.29) is 10.7 Å². The molecule has 16 heavy (non-hydrogen) atoms. The third-order valence-corrected chi connectivity index (χ3v) is 3.29. The Bertz CT molecular complexity index is 273. The minimum atomic E-state index is -0.960. The summed E-state index contributed by atoms with van der Waals surface area (Å²) in [5, 5.41) is 8.57. The molecule has 2 atom stereocenters. The molecule has 0 radical (unpaired) electrons. The standard InChI is InChI=1S/C10H17BrN2O3/c11-7-5-9(14)13(6-7)4-2-1-3-8(12)10(15)16/h7-8H,1-6,12H2,(H,15,16). The first kappa shape index (κ1) is 13.4. The van der Waals surface area contributed by atoms with Gasteiger partial charge < -0.3 is 15.7 Å². The van der Waals surface area contributed by atoms with Gasteiger partial charge in [0.15, 0.2) is 0 Å². The van der Waals surface area contributed by atoms with E-state index in [1.165, 1.54) is 0 Å². The topological polar surface area (TPSA) is 83.6 Å². The molecule has 1 amide bonds. The van der Waals surface area contributed by atoms with E-state index < -0.39 is 12.0 Å². The fourth-order valence-electron chi connectivity index (χ4n) is 1.73. The molecule has 2 unspecified atom stereocenters. The molecule has 1 rings (SSSR count). The number of carbonyl (C=O) groups is 2. The third kappa shape index (κ3) is 4.09. The molecule has 92 valence electrons. The summed E-state index contributed by atoms with van der Waals surface area (Å²) in [7, 11) is 0. The van der Waals surface area contributed by atoms with Crippen LogP contribution in [0.15, 0.2) is 0 Å². The Morgan fingerprint density at radius 3 is 2.81 bits per heavy atom. The molecule has 1 heterocycles. The van der Waals surface area contributed by atoms with Crippen LogP contribution >= 0.6 is 15.9 Å². The van der Waals surface area contributed by atoms with Gasteiger partial charge in [0, 0.05) is 24.3 Å². The van der Waals surface area contributed by atoms with Crippen LogP contribution in [0.2, 0.25) is 0 Å². The SMILES string of the molecule is NC(CCCCN1CC(Br)CC1=O)C(=O)O. The molecule has 3 N–H and O–H groups in total. The highest BCUT2D eigenvalue weighted by atomic mass is 79.9. The number of unbranched alkanes of at least 4 members (excludes halogenated alkanes) is 1. The van der Waals surface area contributed by atoms with Crippen LogP contribution in [0, 0.1) is 0 Å². The smallest absolute Gasteiger partial charge is 0.320 e. The average Bonchev–Trinajstić information content (AvgIpc) is 2.51. The molecule has 5 nitrogen and oxygen atoms in total. The van der Waals surface area contributed by atoms with Gasteiger partial charge in [0.25, 0.3) is 0 Å². The van der Waals surface area contributed by atoms with Crippen molar-refractivity contribution in [3.8, 4) is 0 Å². The van der Waals surface area contributed by atoms with Crippen molar-refractivity contribution in [2.24, 2.45) is 5.73 Å². The van der Waals surface area contributed by atoms with Crippen molar-refractivity contribution in [1.82, 2.24) is 4.90 Å². The highest BCUT2D eigenvalue weighted by Gasteiger charge is 2.26.